The predicted octanol–water partition coefficient (Wildman–Crippen LogP) is 1.91. The molecular weight excluding hydrogens is 302 g/mol. The number of hydrogen-bond donors (Lipinski definition) is 0. The van der Waals surface area contributed by atoms with Crippen molar-refractivity contribution in [3.63, 3.8) is 0 Å². The predicted molar refractivity (Wildman–Crippen MR) is 45.0 cm³/mol. The fourth-order valence-corrected chi connectivity index (χ4v) is 1.62. The fourth-order valence-electron chi connectivity index (χ4n) is 0.658. The van der Waals surface area contributed by atoms with E-state index in [4.69, 9.17) is 0 Å². The maximum atomic E-state index is 12.6. The zero-order chi connectivity index (χ0) is 7.56. The van der Waals surface area contributed by atoms with E-state index in [9.17, 15) is 4.39 Å². The molecule has 0 atom stereocenters. The van der Waals surface area contributed by atoms with Crippen molar-refractivity contribution in [1.82, 2.24) is 0 Å². The van der Waals surface area contributed by atoms with E-state index in [1.54, 1.807) is 0 Å². The topological polar surface area (TPSA) is 0 Å². The Morgan fingerprint density at radius 1 is 1.40 bits per heavy atom. The fraction of sp³-hybridized carbons (Fsp3) is 0. The van der Waals surface area contributed by atoms with Gasteiger partial charge in [0.25, 0.3) is 0 Å². The molecule has 0 aliphatic carbocycles. The molecule has 0 bridgehead atoms. The van der Waals surface area contributed by atoms with Gasteiger partial charge >= 0.3 is 80.4 Å². The van der Waals surface area contributed by atoms with Crippen molar-refractivity contribution in [2.75, 3.05) is 0 Å². The zero-order valence-corrected chi connectivity index (χ0v) is 9.51. The van der Waals surface area contributed by atoms with E-state index in [0.29, 0.717) is 0 Å². The summed E-state index contributed by atoms with van der Waals surface area (Å²) in [6.45, 7) is 0. The molecule has 0 aliphatic rings. The van der Waals surface area contributed by atoms with Crippen molar-refractivity contribution in [3.05, 3.63) is 34.1 Å². The molecule has 1 rings (SSSR count). The molecule has 2 radical (unpaired) electrons. The van der Waals surface area contributed by atoms with Gasteiger partial charge < -0.3 is 0 Å². The van der Waals surface area contributed by atoms with Crippen LogP contribution in [-0.2, 0) is 0 Å². The van der Waals surface area contributed by atoms with Crippen LogP contribution < -0.4 is 0 Å². The molecule has 0 unspecified atom stereocenters. The van der Waals surface area contributed by atoms with Crippen LogP contribution in [0.2, 0.25) is 0 Å². The van der Waals surface area contributed by atoms with Gasteiger partial charge in [0.1, 0.15) is 0 Å². The standard InChI is InChI=1S/C7H4BrF.Sn/c1-5-2-6(8)4-7(9)3-5;/h1-4H;. The van der Waals surface area contributed by atoms with Gasteiger partial charge in [-0.05, 0) is 0 Å². The van der Waals surface area contributed by atoms with Crippen molar-refractivity contribution in [2.24, 2.45) is 0 Å². The minimum atomic E-state index is -0.192. The maximum absolute atomic E-state index is 12.6. The normalized spacial score (nSPS) is 9.40. The first kappa shape index (κ1) is 8.40. The summed E-state index contributed by atoms with van der Waals surface area (Å²) in [7, 11) is 0. The van der Waals surface area contributed by atoms with Crippen molar-refractivity contribution >= 4 is 42.0 Å². The number of rotatable bonds is 1. The van der Waals surface area contributed by atoms with Gasteiger partial charge in [0.15, 0.2) is 0 Å². The van der Waals surface area contributed by atoms with Crippen LogP contribution in [-0.4, -0.2) is 26.1 Å². The van der Waals surface area contributed by atoms with Gasteiger partial charge in [0.05, 0.1) is 0 Å². The first-order valence-corrected chi connectivity index (χ1v) is 5.13. The summed E-state index contributed by atoms with van der Waals surface area (Å²) in [5.74, 6) is -0.192. The van der Waals surface area contributed by atoms with E-state index in [0.717, 1.165) is 10.0 Å². The first-order valence-electron chi connectivity index (χ1n) is 2.69. The van der Waals surface area contributed by atoms with Crippen molar-refractivity contribution in [1.29, 1.82) is 0 Å². The Morgan fingerprint density at radius 3 is 2.60 bits per heavy atom. The third kappa shape index (κ3) is 2.16. The Kier molecular flexibility index (Phi) is 3.04. The summed E-state index contributed by atoms with van der Waals surface area (Å²) in [6, 6.07) is 4.85. The van der Waals surface area contributed by atoms with E-state index in [-0.39, 0.29) is 5.82 Å². The summed E-state index contributed by atoms with van der Waals surface area (Å²) in [4.78, 5) is 0. The monoisotopic (exact) mass is 306 g/mol. The van der Waals surface area contributed by atoms with Gasteiger partial charge in [0, 0.05) is 0 Å². The molecule has 0 aromatic heterocycles. The van der Waals surface area contributed by atoms with Crippen molar-refractivity contribution in [2.45, 2.75) is 0 Å². The molecule has 0 spiro atoms. The summed E-state index contributed by atoms with van der Waals surface area (Å²) < 4.78 is 15.3. The molecule has 0 N–H and O–H groups in total. The van der Waals surface area contributed by atoms with Crippen LogP contribution >= 0.6 is 15.9 Å². The summed E-state index contributed by atoms with van der Waals surface area (Å²) in [6.07, 6.45) is 0. The second-order valence-corrected chi connectivity index (χ2v) is 3.59. The first-order chi connectivity index (χ1) is 4.72. The molecule has 0 saturated carbocycles. The van der Waals surface area contributed by atoms with Crippen LogP contribution in [0.25, 0.3) is 0 Å². The average Bonchev–Trinajstić information content (AvgIpc) is 1.85. The van der Waals surface area contributed by atoms with Crippen molar-refractivity contribution in [3.8, 4) is 0 Å². The Labute approximate surface area is 80.1 Å². The quantitative estimate of drug-likeness (QED) is 0.695. The molecule has 0 amide bonds. The molecule has 50 valence electrons. The van der Waals surface area contributed by atoms with Crippen LogP contribution in [0.3, 0.4) is 0 Å². The molecular formula is C7H4BrFSn. The van der Waals surface area contributed by atoms with E-state index < -0.39 is 0 Å². The van der Waals surface area contributed by atoms with Crippen LogP contribution in [0.15, 0.2) is 22.7 Å². The van der Waals surface area contributed by atoms with E-state index in [1.807, 2.05) is 10.1 Å². The van der Waals surface area contributed by atoms with Crippen LogP contribution in [0.1, 0.15) is 5.56 Å². The zero-order valence-electron chi connectivity index (χ0n) is 5.07. The Balaban J connectivity index is 3.18. The van der Waals surface area contributed by atoms with E-state index >= 15 is 0 Å². The molecule has 1 aromatic carbocycles. The third-order valence-electron chi connectivity index (χ3n) is 1.05. The summed E-state index contributed by atoms with van der Waals surface area (Å²) in [5, 5.41) is 0. The second kappa shape index (κ2) is 3.62. The van der Waals surface area contributed by atoms with Gasteiger partial charge in [-0.15, -0.1) is 0 Å². The number of benzene rings is 1. The Morgan fingerprint density at radius 2 is 2.10 bits per heavy atom. The number of halogens is 2. The van der Waals surface area contributed by atoms with Gasteiger partial charge in [-0.3, -0.25) is 0 Å². The van der Waals surface area contributed by atoms with E-state index in [1.165, 1.54) is 34.2 Å². The molecule has 0 fully saturated rings. The van der Waals surface area contributed by atoms with Crippen LogP contribution in [0.4, 0.5) is 4.39 Å². The molecule has 0 heterocycles. The average molecular weight is 306 g/mol. The molecule has 10 heavy (non-hydrogen) atoms. The van der Waals surface area contributed by atoms with Gasteiger partial charge in [0.2, 0.25) is 0 Å². The van der Waals surface area contributed by atoms with E-state index in [2.05, 4.69) is 15.9 Å². The summed E-state index contributed by atoms with van der Waals surface area (Å²) in [5.41, 5.74) is 0.935. The SMILES string of the molecule is Fc1cc(Br)cc([CH]=[Sn])c1. The third-order valence-corrected chi connectivity index (χ3v) is 2.46. The molecule has 3 heteroatoms. The Bertz CT molecular complexity index is 240. The molecule has 1 aromatic rings. The summed E-state index contributed by atoms with van der Waals surface area (Å²) >= 11 is 4.49. The molecule has 0 aliphatic heterocycles. The molecule has 0 nitrogen and oxygen atoms in total. The Hall–Kier alpha value is 0.299. The second-order valence-electron chi connectivity index (χ2n) is 1.85. The molecule has 0 saturated heterocycles. The van der Waals surface area contributed by atoms with Gasteiger partial charge in [-0.1, -0.05) is 0 Å². The van der Waals surface area contributed by atoms with Gasteiger partial charge in [-0.25, -0.2) is 0 Å². The minimum absolute atomic E-state index is 0.192. The van der Waals surface area contributed by atoms with Crippen molar-refractivity contribution < 1.29 is 4.39 Å². The van der Waals surface area contributed by atoms with Gasteiger partial charge in [-0.2, -0.15) is 0 Å². The van der Waals surface area contributed by atoms with Crippen LogP contribution in [0.5, 0.6) is 0 Å². The number of hydrogen-bond acceptors (Lipinski definition) is 0. The van der Waals surface area contributed by atoms with Crippen LogP contribution in [0, 0.1) is 5.82 Å².